The number of hydrogen-bond acceptors (Lipinski definition) is 6. The van der Waals surface area contributed by atoms with Crippen molar-refractivity contribution in [2.45, 2.75) is 58.1 Å². The van der Waals surface area contributed by atoms with Gasteiger partial charge in [0.1, 0.15) is 17.6 Å². The molecule has 1 saturated heterocycles. The number of nitrogens with zero attached hydrogens (tertiary/aromatic N) is 1. The molecule has 3 unspecified atom stereocenters. The summed E-state index contributed by atoms with van der Waals surface area (Å²) >= 11 is 0. The molecule has 0 bridgehead atoms. The van der Waals surface area contributed by atoms with Crippen LogP contribution in [0.25, 0.3) is 0 Å². The summed E-state index contributed by atoms with van der Waals surface area (Å²) in [4.78, 5) is 29.1. The first-order valence-corrected chi connectivity index (χ1v) is 12.5. The molecule has 2 aliphatic heterocycles. The van der Waals surface area contributed by atoms with Crippen LogP contribution >= 0.6 is 0 Å². The van der Waals surface area contributed by atoms with Crippen molar-refractivity contribution < 1.29 is 23.8 Å². The molecule has 0 aromatic heterocycles. The van der Waals surface area contributed by atoms with Crippen molar-refractivity contribution in [3.63, 3.8) is 0 Å². The van der Waals surface area contributed by atoms with Gasteiger partial charge in [-0.05, 0) is 42.9 Å². The Morgan fingerprint density at radius 1 is 1.03 bits per heavy atom. The number of ketones is 1. The molecular weight excluding hydrogens is 442 g/mol. The first-order chi connectivity index (χ1) is 16.9. The Morgan fingerprint density at radius 2 is 1.71 bits per heavy atom. The lowest BCUT2D eigenvalue weighted by Crippen LogP contribution is -2.59. The molecule has 0 saturated carbocycles. The van der Waals surface area contributed by atoms with Gasteiger partial charge in [-0.25, -0.2) is 4.79 Å². The van der Waals surface area contributed by atoms with Crippen LogP contribution in [0.3, 0.4) is 0 Å². The Bertz CT molecular complexity index is 1020. The van der Waals surface area contributed by atoms with Gasteiger partial charge in [0.25, 0.3) is 0 Å². The Hall–Kier alpha value is -3.28. The van der Waals surface area contributed by atoms with Gasteiger partial charge in [0.05, 0.1) is 0 Å². The normalized spacial score (nSPS) is 22.7. The van der Waals surface area contributed by atoms with Crippen LogP contribution in [0, 0.1) is 11.8 Å². The van der Waals surface area contributed by atoms with Gasteiger partial charge >= 0.3 is 5.97 Å². The van der Waals surface area contributed by atoms with Crippen LogP contribution in [0.4, 0.5) is 5.69 Å². The molecule has 2 heterocycles. The van der Waals surface area contributed by atoms with E-state index in [0.717, 1.165) is 23.4 Å². The fourth-order valence-electron chi connectivity index (χ4n) is 5.11. The second-order valence-electron chi connectivity index (χ2n) is 9.75. The number of carbonyl (C=O) groups excluding carboxylic acids is 2. The second-order valence-corrected chi connectivity index (χ2v) is 9.75. The average Bonchev–Trinajstić information content (AvgIpc) is 3.39. The molecule has 2 aromatic rings. The van der Waals surface area contributed by atoms with E-state index >= 15 is 0 Å². The highest BCUT2D eigenvalue weighted by atomic mass is 16.7. The number of carbonyl (C=O) groups is 2. The average molecular weight is 478 g/mol. The molecule has 4 rings (SSSR count). The third-order valence-electron chi connectivity index (χ3n) is 7.03. The van der Waals surface area contributed by atoms with Gasteiger partial charge in [-0.3, -0.25) is 4.79 Å². The fourth-order valence-corrected chi connectivity index (χ4v) is 5.11. The van der Waals surface area contributed by atoms with E-state index in [1.54, 1.807) is 6.26 Å². The number of Topliss-reactive ketones (excluding diaryl/α,β-unsaturated/α-hetero) is 1. The quantitative estimate of drug-likeness (QED) is 0.343. The lowest BCUT2D eigenvalue weighted by atomic mass is 9.74. The number of allylic oxidation sites excluding steroid dienone is 1. The first kappa shape index (κ1) is 24.8. The molecule has 6 heteroatoms. The molecule has 2 aromatic carbocycles. The molecule has 35 heavy (non-hydrogen) atoms. The fraction of sp³-hybridized carbons (Fsp3) is 0.448. The molecule has 186 valence electrons. The molecule has 6 nitrogen and oxygen atoms in total. The second kappa shape index (κ2) is 11.0. The van der Waals surface area contributed by atoms with E-state index in [4.69, 9.17) is 14.2 Å². The van der Waals surface area contributed by atoms with Gasteiger partial charge in [0, 0.05) is 24.6 Å². The Balaban J connectivity index is 1.61. The highest BCUT2D eigenvalue weighted by molar-refractivity contribution is 6.08. The van der Waals surface area contributed by atoms with Crippen LogP contribution in [0.2, 0.25) is 0 Å². The number of ether oxygens (including phenoxy) is 3. The molecule has 0 radical (unpaired) electrons. The van der Waals surface area contributed by atoms with Gasteiger partial charge in [-0.1, -0.05) is 69.3 Å². The van der Waals surface area contributed by atoms with Gasteiger partial charge in [0.2, 0.25) is 6.79 Å². The summed E-state index contributed by atoms with van der Waals surface area (Å²) in [5.41, 5.74) is 1.09. The molecule has 0 N–H and O–H groups in total. The zero-order chi connectivity index (χ0) is 24.8. The van der Waals surface area contributed by atoms with Gasteiger partial charge < -0.3 is 19.1 Å². The zero-order valence-electron chi connectivity index (χ0n) is 20.8. The summed E-state index contributed by atoms with van der Waals surface area (Å²) in [6.45, 7) is 6.85. The van der Waals surface area contributed by atoms with Crippen molar-refractivity contribution in [3.05, 3.63) is 78.2 Å². The van der Waals surface area contributed by atoms with Crippen LogP contribution < -0.4 is 4.90 Å². The Kier molecular flexibility index (Phi) is 7.79. The lowest BCUT2D eigenvalue weighted by Gasteiger charge is -2.45. The molecule has 2 aliphatic rings. The largest absolute Gasteiger partial charge is 0.462 e. The molecular formula is C29H35NO5. The Labute approximate surface area is 207 Å². The number of para-hydroxylation sites is 1. The summed E-state index contributed by atoms with van der Waals surface area (Å²) in [5, 5.41) is 0. The predicted molar refractivity (Wildman–Crippen MR) is 135 cm³/mol. The van der Waals surface area contributed by atoms with Gasteiger partial charge in [0.15, 0.2) is 11.8 Å². The van der Waals surface area contributed by atoms with E-state index in [-0.39, 0.29) is 30.8 Å². The standard InChI is InChI=1S/C29H35NO5/c1-4-15-30(24-13-9-6-10-14-24)27-25(31)18-29(21(2)3,35-28(27)32)17-23(26-19-33-20-34-26)16-22-11-7-5-8-12-22/h5-14,19,21,23,27H,4,15-18,20H2,1-3H3. The van der Waals surface area contributed by atoms with Crippen LogP contribution in [-0.2, 0) is 30.2 Å². The minimum absolute atomic E-state index is 0.0473. The highest BCUT2D eigenvalue weighted by Gasteiger charge is 2.52. The van der Waals surface area contributed by atoms with Crippen molar-refractivity contribution in [2.75, 3.05) is 18.2 Å². The van der Waals surface area contributed by atoms with Crippen molar-refractivity contribution in [3.8, 4) is 0 Å². The Morgan fingerprint density at radius 3 is 2.29 bits per heavy atom. The molecule has 0 aliphatic carbocycles. The summed E-state index contributed by atoms with van der Waals surface area (Å²) < 4.78 is 17.4. The zero-order valence-corrected chi connectivity index (χ0v) is 20.8. The number of hydrogen-bond donors (Lipinski definition) is 0. The van der Waals surface area contributed by atoms with Crippen LogP contribution in [-0.4, -0.2) is 36.7 Å². The molecule has 0 amide bonds. The maximum atomic E-state index is 13.7. The molecule has 0 spiro atoms. The molecule has 3 atom stereocenters. The minimum atomic E-state index is -0.929. The van der Waals surface area contributed by atoms with Crippen LogP contribution in [0.15, 0.2) is 72.7 Å². The van der Waals surface area contributed by atoms with E-state index in [0.29, 0.717) is 19.4 Å². The molecule has 1 fully saturated rings. The number of anilines is 1. The topological polar surface area (TPSA) is 65.1 Å². The summed E-state index contributed by atoms with van der Waals surface area (Å²) in [6, 6.07) is 18.8. The monoisotopic (exact) mass is 477 g/mol. The van der Waals surface area contributed by atoms with E-state index < -0.39 is 17.6 Å². The predicted octanol–water partition coefficient (Wildman–Crippen LogP) is 5.28. The maximum Gasteiger partial charge on any atom is 0.337 e. The van der Waals surface area contributed by atoms with Crippen molar-refractivity contribution >= 4 is 17.4 Å². The SMILES string of the molecule is CCCN(c1ccccc1)C1C(=O)CC(CC(Cc2ccccc2)C2=COCO2)(C(C)C)OC1=O. The van der Waals surface area contributed by atoms with E-state index in [2.05, 4.69) is 12.1 Å². The summed E-state index contributed by atoms with van der Waals surface area (Å²) in [7, 11) is 0. The van der Waals surface area contributed by atoms with Crippen molar-refractivity contribution in [2.24, 2.45) is 11.8 Å². The smallest absolute Gasteiger partial charge is 0.337 e. The van der Waals surface area contributed by atoms with Crippen LogP contribution in [0.5, 0.6) is 0 Å². The van der Waals surface area contributed by atoms with E-state index in [9.17, 15) is 9.59 Å². The summed E-state index contributed by atoms with van der Waals surface area (Å²) in [6.07, 6.45) is 3.82. The number of rotatable bonds is 10. The van der Waals surface area contributed by atoms with Crippen LogP contribution in [0.1, 0.15) is 45.6 Å². The van der Waals surface area contributed by atoms with Crippen molar-refractivity contribution in [1.82, 2.24) is 0 Å². The van der Waals surface area contributed by atoms with Gasteiger partial charge in [-0.2, -0.15) is 0 Å². The minimum Gasteiger partial charge on any atom is -0.462 e. The number of cyclic esters (lactones) is 1. The van der Waals surface area contributed by atoms with E-state index in [1.807, 2.05) is 74.2 Å². The number of benzene rings is 2. The number of esters is 1. The van der Waals surface area contributed by atoms with Crippen molar-refractivity contribution in [1.29, 1.82) is 0 Å². The third kappa shape index (κ3) is 5.53. The maximum absolute atomic E-state index is 13.7. The van der Waals surface area contributed by atoms with Gasteiger partial charge in [-0.15, -0.1) is 0 Å². The summed E-state index contributed by atoms with van der Waals surface area (Å²) in [5.74, 6) is 0.0391. The first-order valence-electron chi connectivity index (χ1n) is 12.5. The highest BCUT2D eigenvalue weighted by Crippen LogP contribution is 2.41. The lowest BCUT2D eigenvalue weighted by molar-refractivity contribution is -0.181. The third-order valence-corrected chi connectivity index (χ3v) is 7.03. The van der Waals surface area contributed by atoms with E-state index in [1.165, 1.54) is 0 Å².